The molecular formula is C17H15F3N6O3. The standard InChI is InChI=1S/C17H15F3N6O3/c18-17(19,20)15(28)24-6-3-10(4-7-24)25-9-22-12-13(27)23-16(29)26(14(12)25)11-2-1-5-21-8-11/h1-2,5,8-10H,3-4,6-7H2,(H,23,27,29). The quantitative estimate of drug-likeness (QED) is 0.681. The molecule has 4 rings (SSSR count). The minimum Gasteiger partial charge on any atom is -0.335 e. The number of likely N-dealkylation sites (tertiary alicyclic amines) is 1. The van der Waals surface area contributed by atoms with Crippen LogP contribution in [0, 0.1) is 0 Å². The maximum absolute atomic E-state index is 12.7. The highest BCUT2D eigenvalue weighted by molar-refractivity contribution is 5.82. The Balaban J connectivity index is 1.74. The lowest BCUT2D eigenvalue weighted by atomic mass is 10.0. The van der Waals surface area contributed by atoms with Crippen molar-refractivity contribution in [3.63, 3.8) is 0 Å². The number of carbonyl (C=O) groups excluding carboxylic acids is 1. The van der Waals surface area contributed by atoms with Gasteiger partial charge in [0.15, 0.2) is 11.2 Å². The molecule has 0 radical (unpaired) electrons. The number of rotatable bonds is 2. The molecular weight excluding hydrogens is 393 g/mol. The highest BCUT2D eigenvalue weighted by Crippen LogP contribution is 2.28. The minimum atomic E-state index is -4.91. The van der Waals surface area contributed by atoms with Gasteiger partial charge in [0.1, 0.15) is 0 Å². The van der Waals surface area contributed by atoms with Crippen molar-refractivity contribution >= 4 is 17.1 Å². The van der Waals surface area contributed by atoms with Gasteiger partial charge in [-0.2, -0.15) is 13.2 Å². The number of hydrogen-bond acceptors (Lipinski definition) is 5. The Morgan fingerprint density at radius 2 is 1.93 bits per heavy atom. The molecule has 3 aromatic heterocycles. The van der Waals surface area contributed by atoms with Gasteiger partial charge in [-0.25, -0.2) is 14.3 Å². The molecule has 3 aromatic rings. The van der Waals surface area contributed by atoms with Gasteiger partial charge in [-0.1, -0.05) is 0 Å². The molecule has 0 spiro atoms. The summed E-state index contributed by atoms with van der Waals surface area (Å²) in [6.07, 6.45) is -0.105. The van der Waals surface area contributed by atoms with Crippen molar-refractivity contribution in [2.45, 2.75) is 25.1 Å². The third-order valence-corrected chi connectivity index (χ3v) is 4.91. The van der Waals surface area contributed by atoms with Crippen molar-refractivity contribution in [1.29, 1.82) is 0 Å². The van der Waals surface area contributed by atoms with Crippen LogP contribution in [0.4, 0.5) is 13.2 Å². The summed E-state index contributed by atoms with van der Waals surface area (Å²) in [5.74, 6) is -1.87. The van der Waals surface area contributed by atoms with Crippen molar-refractivity contribution in [1.82, 2.24) is 29.0 Å². The van der Waals surface area contributed by atoms with Crippen molar-refractivity contribution in [2.24, 2.45) is 0 Å². The summed E-state index contributed by atoms with van der Waals surface area (Å²) >= 11 is 0. The summed E-state index contributed by atoms with van der Waals surface area (Å²) in [5.41, 5.74) is -0.671. The molecule has 1 amide bonds. The van der Waals surface area contributed by atoms with E-state index in [-0.39, 0.29) is 43.1 Å². The van der Waals surface area contributed by atoms with Gasteiger partial charge < -0.3 is 9.47 Å². The second-order valence-electron chi connectivity index (χ2n) is 6.65. The first kappa shape index (κ1) is 18.9. The molecule has 9 nitrogen and oxygen atoms in total. The minimum absolute atomic E-state index is 0.0299. The number of amides is 1. The highest BCUT2D eigenvalue weighted by Gasteiger charge is 2.43. The largest absolute Gasteiger partial charge is 0.471 e. The van der Waals surface area contributed by atoms with E-state index in [0.29, 0.717) is 5.69 Å². The highest BCUT2D eigenvalue weighted by atomic mass is 19.4. The summed E-state index contributed by atoms with van der Waals surface area (Å²) in [6.45, 7) is -0.188. The molecule has 0 saturated carbocycles. The van der Waals surface area contributed by atoms with Crippen LogP contribution in [0.5, 0.6) is 0 Å². The number of pyridine rings is 1. The van der Waals surface area contributed by atoms with Crippen LogP contribution in [0.2, 0.25) is 0 Å². The number of carbonyl (C=O) groups is 1. The van der Waals surface area contributed by atoms with Crippen molar-refractivity contribution < 1.29 is 18.0 Å². The number of aromatic nitrogens is 5. The first-order valence-electron chi connectivity index (χ1n) is 8.75. The first-order valence-corrected chi connectivity index (χ1v) is 8.75. The number of halogens is 3. The molecule has 12 heteroatoms. The molecule has 0 unspecified atom stereocenters. The van der Waals surface area contributed by atoms with Crippen LogP contribution in [0.25, 0.3) is 16.9 Å². The van der Waals surface area contributed by atoms with E-state index in [1.54, 1.807) is 16.7 Å². The average molecular weight is 408 g/mol. The SMILES string of the molecule is O=C(N1CCC(n2cnc3c(=O)[nH]c(=O)n(-c4cccnc4)c32)CC1)C(F)(F)F. The Kier molecular flexibility index (Phi) is 4.47. The van der Waals surface area contributed by atoms with Gasteiger partial charge in [0, 0.05) is 25.3 Å². The van der Waals surface area contributed by atoms with Crippen molar-refractivity contribution in [3.05, 3.63) is 51.7 Å². The van der Waals surface area contributed by atoms with E-state index in [4.69, 9.17) is 0 Å². The number of imidazole rings is 1. The lowest BCUT2D eigenvalue weighted by molar-refractivity contribution is -0.186. The number of nitrogens with zero attached hydrogens (tertiary/aromatic N) is 5. The number of aromatic amines is 1. The predicted octanol–water partition coefficient (Wildman–Crippen LogP) is 0.996. The van der Waals surface area contributed by atoms with Gasteiger partial charge in [0.25, 0.3) is 5.56 Å². The zero-order valence-electron chi connectivity index (χ0n) is 14.9. The monoisotopic (exact) mass is 408 g/mol. The maximum Gasteiger partial charge on any atom is 0.471 e. The molecule has 152 valence electrons. The van der Waals surface area contributed by atoms with Crippen LogP contribution in [-0.4, -0.2) is 54.2 Å². The van der Waals surface area contributed by atoms with Crippen LogP contribution >= 0.6 is 0 Å². The molecule has 0 atom stereocenters. The van der Waals surface area contributed by atoms with E-state index in [2.05, 4.69) is 15.0 Å². The molecule has 1 saturated heterocycles. The fourth-order valence-corrected chi connectivity index (χ4v) is 3.56. The van der Waals surface area contributed by atoms with Gasteiger partial charge in [-0.05, 0) is 25.0 Å². The molecule has 1 fully saturated rings. The predicted molar refractivity (Wildman–Crippen MR) is 94.7 cm³/mol. The number of piperidine rings is 1. The topological polar surface area (TPSA) is 106 Å². The smallest absolute Gasteiger partial charge is 0.335 e. The Bertz CT molecular complexity index is 1170. The number of H-pyrrole nitrogens is 1. The van der Waals surface area contributed by atoms with E-state index in [0.717, 1.165) is 4.90 Å². The van der Waals surface area contributed by atoms with Gasteiger partial charge >= 0.3 is 17.8 Å². The summed E-state index contributed by atoms with van der Waals surface area (Å²) in [4.78, 5) is 47.2. The summed E-state index contributed by atoms with van der Waals surface area (Å²) in [7, 11) is 0. The molecule has 29 heavy (non-hydrogen) atoms. The fourth-order valence-electron chi connectivity index (χ4n) is 3.56. The fraction of sp³-hybridized carbons (Fsp3) is 0.353. The van der Waals surface area contributed by atoms with Gasteiger partial charge in [-0.3, -0.25) is 19.6 Å². The normalized spacial score (nSPS) is 15.8. The zero-order chi connectivity index (χ0) is 20.8. The van der Waals surface area contributed by atoms with E-state index < -0.39 is 23.3 Å². The number of nitrogens with one attached hydrogen (secondary N) is 1. The van der Waals surface area contributed by atoms with Crippen LogP contribution < -0.4 is 11.2 Å². The molecule has 1 N–H and O–H groups in total. The molecule has 4 heterocycles. The summed E-state index contributed by atoms with van der Waals surface area (Å²) < 4.78 is 40.8. The van der Waals surface area contributed by atoms with E-state index >= 15 is 0 Å². The molecule has 1 aliphatic rings. The second kappa shape index (κ2) is 6.87. The number of fused-ring (bicyclic) bond motifs is 1. The number of alkyl halides is 3. The Labute approximate surface area is 160 Å². The maximum atomic E-state index is 12.7. The Morgan fingerprint density at radius 1 is 1.21 bits per heavy atom. The third-order valence-electron chi connectivity index (χ3n) is 4.91. The zero-order valence-corrected chi connectivity index (χ0v) is 14.9. The molecule has 0 aliphatic carbocycles. The average Bonchev–Trinajstić information content (AvgIpc) is 3.13. The van der Waals surface area contributed by atoms with Crippen molar-refractivity contribution in [3.8, 4) is 5.69 Å². The van der Waals surface area contributed by atoms with Crippen LogP contribution in [0.3, 0.4) is 0 Å². The lowest BCUT2D eigenvalue weighted by Gasteiger charge is -2.33. The lowest BCUT2D eigenvalue weighted by Crippen LogP contribution is -2.45. The third kappa shape index (κ3) is 3.30. The Hall–Kier alpha value is -3.44. The molecule has 1 aliphatic heterocycles. The summed E-state index contributed by atoms with van der Waals surface area (Å²) in [6, 6.07) is 2.93. The van der Waals surface area contributed by atoms with Gasteiger partial charge in [0.05, 0.1) is 18.2 Å². The van der Waals surface area contributed by atoms with Gasteiger partial charge in [-0.15, -0.1) is 0 Å². The van der Waals surface area contributed by atoms with Crippen molar-refractivity contribution in [2.75, 3.05) is 13.1 Å². The second-order valence-corrected chi connectivity index (χ2v) is 6.65. The number of hydrogen-bond donors (Lipinski definition) is 1. The van der Waals surface area contributed by atoms with E-state index in [1.807, 2.05) is 0 Å². The van der Waals surface area contributed by atoms with Crippen LogP contribution in [0.1, 0.15) is 18.9 Å². The Morgan fingerprint density at radius 3 is 2.55 bits per heavy atom. The van der Waals surface area contributed by atoms with E-state index in [9.17, 15) is 27.6 Å². The van der Waals surface area contributed by atoms with Crippen LogP contribution in [0.15, 0.2) is 40.4 Å². The molecule has 0 bridgehead atoms. The van der Waals surface area contributed by atoms with Gasteiger partial charge in [0.2, 0.25) is 0 Å². The molecule has 0 aromatic carbocycles. The summed E-state index contributed by atoms with van der Waals surface area (Å²) in [5, 5.41) is 0. The first-order chi connectivity index (χ1) is 13.8. The van der Waals surface area contributed by atoms with Crippen LogP contribution in [-0.2, 0) is 4.79 Å². The van der Waals surface area contributed by atoms with E-state index in [1.165, 1.54) is 23.3 Å².